The van der Waals surface area contributed by atoms with Gasteiger partial charge in [0.05, 0.1) is 5.25 Å². The fraction of sp³-hybridized carbons (Fsp3) is 1.00. The van der Waals surface area contributed by atoms with Crippen LogP contribution in [0.25, 0.3) is 0 Å². The molecule has 0 bridgehead atoms. The van der Waals surface area contributed by atoms with Crippen LogP contribution in [0, 0.1) is 5.92 Å². The predicted octanol–water partition coefficient (Wildman–Crippen LogP) is 1.59. The van der Waals surface area contributed by atoms with Gasteiger partial charge in [-0.3, -0.25) is 0 Å². The molecule has 2 unspecified atom stereocenters. The maximum Gasteiger partial charge on any atom is 0.151 e. The zero-order valence-corrected chi connectivity index (χ0v) is 10.8. The minimum absolute atomic E-state index is 0.130. The van der Waals surface area contributed by atoms with E-state index in [-0.39, 0.29) is 11.3 Å². The second kappa shape index (κ2) is 5.30. The third-order valence-electron chi connectivity index (χ3n) is 3.29. The Morgan fingerprint density at radius 2 is 2.00 bits per heavy atom. The summed E-state index contributed by atoms with van der Waals surface area (Å²) in [5.41, 5.74) is 0. The van der Waals surface area contributed by atoms with Crippen LogP contribution in [0.1, 0.15) is 39.5 Å². The lowest BCUT2D eigenvalue weighted by molar-refractivity contribution is 0.447. The van der Waals surface area contributed by atoms with Gasteiger partial charge in [-0.2, -0.15) is 0 Å². The predicted molar refractivity (Wildman–Crippen MR) is 63.7 cm³/mol. The maximum absolute atomic E-state index is 11.5. The standard InChI is InChI=1S/C11H23NO2S/c1-4-12-11(8-7-10-5-6-10)9(2)15(3,13)14/h9-12H,4-8H2,1-3H3. The lowest BCUT2D eigenvalue weighted by atomic mass is 10.1. The molecule has 15 heavy (non-hydrogen) atoms. The van der Waals surface area contributed by atoms with Crippen molar-refractivity contribution in [1.29, 1.82) is 0 Å². The quantitative estimate of drug-likeness (QED) is 0.726. The Bertz CT molecular complexity index is 283. The van der Waals surface area contributed by atoms with Gasteiger partial charge in [-0.15, -0.1) is 0 Å². The Balaban J connectivity index is 2.46. The van der Waals surface area contributed by atoms with Gasteiger partial charge >= 0.3 is 0 Å². The van der Waals surface area contributed by atoms with Crippen molar-refractivity contribution in [3.8, 4) is 0 Å². The van der Waals surface area contributed by atoms with Crippen molar-refractivity contribution < 1.29 is 8.42 Å². The zero-order valence-electron chi connectivity index (χ0n) is 9.99. The lowest BCUT2D eigenvalue weighted by Crippen LogP contribution is -2.42. The van der Waals surface area contributed by atoms with Crippen LogP contribution in [0.4, 0.5) is 0 Å². The minimum atomic E-state index is -2.91. The average Bonchev–Trinajstić information content (AvgIpc) is 2.93. The fourth-order valence-electron chi connectivity index (χ4n) is 1.89. The molecule has 2 atom stereocenters. The fourth-order valence-corrected chi connectivity index (χ4v) is 2.71. The Kier molecular flexibility index (Phi) is 4.59. The van der Waals surface area contributed by atoms with E-state index in [9.17, 15) is 8.42 Å². The van der Waals surface area contributed by atoms with Crippen molar-refractivity contribution in [2.45, 2.75) is 50.8 Å². The smallest absolute Gasteiger partial charge is 0.151 e. The van der Waals surface area contributed by atoms with Crippen LogP contribution in [0.2, 0.25) is 0 Å². The number of hydrogen-bond donors (Lipinski definition) is 1. The molecule has 0 aromatic carbocycles. The molecule has 0 saturated heterocycles. The first-order valence-electron chi connectivity index (χ1n) is 5.87. The van der Waals surface area contributed by atoms with Gasteiger partial charge in [0.25, 0.3) is 0 Å². The van der Waals surface area contributed by atoms with Gasteiger partial charge in [-0.1, -0.05) is 19.8 Å². The van der Waals surface area contributed by atoms with Crippen LogP contribution in [0.15, 0.2) is 0 Å². The summed E-state index contributed by atoms with van der Waals surface area (Å²) in [6, 6.07) is 0.130. The van der Waals surface area contributed by atoms with E-state index in [2.05, 4.69) is 5.32 Å². The van der Waals surface area contributed by atoms with Gasteiger partial charge in [-0.05, 0) is 32.2 Å². The molecular formula is C11H23NO2S. The molecule has 3 nitrogen and oxygen atoms in total. The molecule has 1 saturated carbocycles. The van der Waals surface area contributed by atoms with E-state index in [4.69, 9.17) is 0 Å². The molecule has 90 valence electrons. The molecule has 0 radical (unpaired) electrons. The molecule has 1 rings (SSSR count). The third kappa shape index (κ3) is 4.51. The summed E-state index contributed by atoms with van der Waals surface area (Å²) in [4.78, 5) is 0. The number of sulfone groups is 1. The summed E-state index contributed by atoms with van der Waals surface area (Å²) < 4.78 is 22.9. The van der Waals surface area contributed by atoms with Gasteiger partial charge in [0.2, 0.25) is 0 Å². The van der Waals surface area contributed by atoms with E-state index in [1.807, 2.05) is 13.8 Å². The first-order valence-corrected chi connectivity index (χ1v) is 7.82. The van der Waals surface area contributed by atoms with E-state index in [0.29, 0.717) is 0 Å². The van der Waals surface area contributed by atoms with Crippen LogP contribution in [0.5, 0.6) is 0 Å². The van der Waals surface area contributed by atoms with Gasteiger partial charge in [0.15, 0.2) is 9.84 Å². The molecule has 0 aromatic rings. The van der Waals surface area contributed by atoms with E-state index >= 15 is 0 Å². The highest BCUT2D eigenvalue weighted by Gasteiger charge is 2.28. The Hall–Kier alpha value is -0.0900. The van der Waals surface area contributed by atoms with Crippen LogP contribution in [-0.2, 0) is 9.84 Å². The molecule has 0 aliphatic heterocycles. The first kappa shape index (κ1) is 13.0. The van der Waals surface area contributed by atoms with Crippen LogP contribution in [-0.4, -0.2) is 32.5 Å². The second-order valence-corrected chi connectivity index (χ2v) is 7.12. The van der Waals surface area contributed by atoms with Crippen molar-refractivity contribution >= 4 is 9.84 Å². The molecule has 0 spiro atoms. The van der Waals surface area contributed by atoms with Gasteiger partial charge in [0, 0.05) is 12.3 Å². The van der Waals surface area contributed by atoms with E-state index in [1.165, 1.54) is 25.5 Å². The monoisotopic (exact) mass is 233 g/mol. The molecule has 4 heteroatoms. The number of nitrogens with one attached hydrogen (secondary N) is 1. The first-order chi connectivity index (χ1) is 6.95. The highest BCUT2D eigenvalue weighted by atomic mass is 32.2. The largest absolute Gasteiger partial charge is 0.313 e. The van der Waals surface area contributed by atoms with Crippen molar-refractivity contribution in [3.63, 3.8) is 0 Å². The highest BCUT2D eigenvalue weighted by molar-refractivity contribution is 7.91. The van der Waals surface area contributed by atoms with Crippen LogP contribution < -0.4 is 5.32 Å². The normalized spacial score (nSPS) is 21.3. The van der Waals surface area contributed by atoms with Gasteiger partial charge in [0.1, 0.15) is 0 Å². The van der Waals surface area contributed by atoms with Crippen molar-refractivity contribution in [3.05, 3.63) is 0 Å². The summed E-state index contributed by atoms with van der Waals surface area (Å²) in [5.74, 6) is 0.873. The SMILES string of the molecule is CCNC(CCC1CC1)C(C)S(C)(=O)=O. The lowest BCUT2D eigenvalue weighted by Gasteiger charge is -2.23. The summed E-state index contributed by atoms with van der Waals surface area (Å²) in [6.07, 6.45) is 6.18. The molecule has 1 fully saturated rings. The minimum Gasteiger partial charge on any atom is -0.313 e. The molecule has 1 aliphatic carbocycles. The summed E-state index contributed by atoms with van der Waals surface area (Å²) >= 11 is 0. The third-order valence-corrected chi connectivity index (χ3v) is 4.97. The Labute approximate surface area is 93.6 Å². The van der Waals surface area contributed by atoms with Gasteiger partial charge in [-0.25, -0.2) is 8.42 Å². The Morgan fingerprint density at radius 1 is 1.40 bits per heavy atom. The summed E-state index contributed by atoms with van der Waals surface area (Å²) in [6.45, 7) is 4.68. The molecule has 0 aromatic heterocycles. The maximum atomic E-state index is 11.5. The van der Waals surface area contributed by atoms with Crippen LogP contribution >= 0.6 is 0 Å². The summed E-state index contributed by atoms with van der Waals surface area (Å²) in [7, 11) is -2.91. The van der Waals surface area contributed by atoms with E-state index in [1.54, 1.807) is 0 Å². The molecule has 1 N–H and O–H groups in total. The summed E-state index contributed by atoms with van der Waals surface area (Å²) in [5, 5.41) is 3.03. The zero-order chi connectivity index (χ0) is 11.5. The van der Waals surface area contributed by atoms with Crippen molar-refractivity contribution in [2.24, 2.45) is 5.92 Å². The number of hydrogen-bond acceptors (Lipinski definition) is 3. The highest BCUT2D eigenvalue weighted by Crippen LogP contribution is 2.34. The topological polar surface area (TPSA) is 46.2 Å². The van der Waals surface area contributed by atoms with E-state index in [0.717, 1.165) is 18.9 Å². The molecular weight excluding hydrogens is 210 g/mol. The van der Waals surface area contributed by atoms with Crippen molar-refractivity contribution in [2.75, 3.05) is 12.8 Å². The Morgan fingerprint density at radius 3 is 2.40 bits per heavy atom. The van der Waals surface area contributed by atoms with Crippen molar-refractivity contribution in [1.82, 2.24) is 5.32 Å². The molecule has 1 aliphatic rings. The van der Waals surface area contributed by atoms with E-state index < -0.39 is 9.84 Å². The average molecular weight is 233 g/mol. The second-order valence-electron chi connectivity index (χ2n) is 4.72. The number of rotatable bonds is 7. The van der Waals surface area contributed by atoms with Gasteiger partial charge < -0.3 is 5.32 Å². The molecule has 0 amide bonds. The molecule has 0 heterocycles. The van der Waals surface area contributed by atoms with Crippen LogP contribution in [0.3, 0.4) is 0 Å².